The van der Waals surface area contributed by atoms with Crippen molar-refractivity contribution in [2.24, 2.45) is 0 Å². The quantitative estimate of drug-likeness (QED) is 0.495. The van der Waals surface area contributed by atoms with Gasteiger partial charge < -0.3 is 2.85 Å². The Morgan fingerprint density at radius 3 is 2.60 bits per heavy atom. The Labute approximate surface area is 89.3 Å². The zero-order valence-electron chi connectivity index (χ0n) is 8.10. The van der Waals surface area contributed by atoms with Crippen LogP contribution in [0, 0.1) is 6.92 Å². The van der Waals surface area contributed by atoms with Gasteiger partial charge in [-0.3, -0.25) is 0 Å². The molecule has 1 aromatic carbocycles. The average molecular weight is 211 g/mol. The van der Waals surface area contributed by atoms with E-state index in [9.17, 15) is 0 Å². The van der Waals surface area contributed by atoms with Crippen molar-refractivity contribution >= 4 is 39.0 Å². The van der Waals surface area contributed by atoms with Gasteiger partial charge in [-0.05, 0) is 12.5 Å². The SMILES string of the molecule is Cc1cccc(CBr)c1.[H-].[H-].[Mg+2]. The van der Waals surface area contributed by atoms with E-state index >= 15 is 0 Å². The molecule has 0 amide bonds. The van der Waals surface area contributed by atoms with Gasteiger partial charge in [-0.2, -0.15) is 0 Å². The first-order chi connectivity index (χ1) is 4.33. The molecule has 0 aliphatic rings. The van der Waals surface area contributed by atoms with Crippen molar-refractivity contribution in [3.63, 3.8) is 0 Å². The van der Waals surface area contributed by atoms with E-state index in [2.05, 4.69) is 47.1 Å². The van der Waals surface area contributed by atoms with Crippen LogP contribution >= 0.6 is 15.9 Å². The van der Waals surface area contributed by atoms with Crippen molar-refractivity contribution in [3.8, 4) is 0 Å². The van der Waals surface area contributed by atoms with Crippen LogP contribution in [0.4, 0.5) is 0 Å². The fourth-order valence-electron chi connectivity index (χ4n) is 0.795. The molecule has 0 aliphatic carbocycles. The third-order valence-corrected chi connectivity index (χ3v) is 1.88. The Kier molecular flexibility index (Phi) is 5.40. The van der Waals surface area contributed by atoms with Crippen molar-refractivity contribution in [2.45, 2.75) is 12.3 Å². The van der Waals surface area contributed by atoms with E-state index in [0.29, 0.717) is 0 Å². The number of rotatable bonds is 1. The van der Waals surface area contributed by atoms with Crippen LogP contribution in [0.1, 0.15) is 14.0 Å². The zero-order valence-corrected chi connectivity index (χ0v) is 9.10. The molecule has 52 valence electrons. The molecule has 0 bridgehead atoms. The second-order valence-electron chi connectivity index (χ2n) is 2.12. The van der Waals surface area contributed by atoms with Crippen LogP contribution in [0.15, 0.2) is 24.3 Å². The van der Waals surface area contributed by atoms with Crippen molar-refractivity contribution in [1.29, 1.82) is 0 Å². The first-order valence-corrected chi connectivity index (χ1v) is 4.06. The fourth-order valence-corrected chi connectivity index (χ4v) is 1.14. The summed E-state index contributed by atoms with van der Waals surface area (Å²) in [6.45, 7) is 2.10. The Hall–Kier alpha value is 0.466. The summed E-state index contributed by atoms with van der Waals surface area (Å²) >= 11 is 3.39. The van der Waals surface area contributed by atoms with Crippen LogP contribution in [0.25, 0.3) is 0 Å². The molecule has 0 saturated carbocycles. The summed E-state index contributed by atoms with van der Waals surface area (Å²) in [6.07, 6.45) is 0. The Bertz CT molecular complexity index is 206. The largest absolute Gasteiger partial charge is 2.00 e. The summed E-state index contributed by atoms with van der Waals surface area (Å²) in [5.41, 5.74) is 2.67. The smallest absolute Gasteiger partial charge is 1.00 e. The van der Waals surface area contributed by atoms with Gasteiger partial charge in [-0.1, -0.05) is 45.8 Å². The molecule has 0 atom stereocenters. The van der Waals surface area contributed by atoms with E-state index in [1.165, 1.54) is 11.1 Å². The second kappa shape index (κ2) is 5.16. The zero-order chi connectivity index (χ0) is 6.69. The van der Waals surface area contributed by atoms with Crippen LogP contribution in [0.2, 0.25) is 0 Å². The van der Waals surface area contributed by atoms with Crippen molar-refractivity contribution < 1.29 is 2.85 Å². The van der Waals surface area contributed by atoms with Crippen LogP contribution in [0.3, 0.4) is 0 Å². The summed E-state index contributed by atoms with van der Waals surface area (Å²) in [5.74, 6) is 0. The molecule has 0 aliphatic heterocycles. The van der Waals surface area contributed by atoms with Crippen molar-refractivity contribution in [1.82, 2.24) is 0 Å². The fraction of sp³-hybridized carbons (Fsp3) is 0.250. The topological polar surface area (TPSA) is 0 Å². The van der Waals surface area contributed by atoms with Gasteiger partial charge >= 0.3 is 23.1 Å². The molecule has 0 unspecified atom stereocenters. The van der Waals surface area contributed by atoms with Crippen molar-refractivity contribution in [2.75, 3.05) is 0 Å². The molecular weight excluding hydrogens is 200 g/mol. The van der Waals surface area contributed by atoms with Gasteiger partial charge in [0.25, 0.3) is 0 Å². The van der Waals surface area contributed by atoms with Gasteiger partial charge in [-0.15, -0.1) is 0 Å². The van der Waals surface area contributed by atoms with Gasteiger partial charge in [-0.25, -0.2) is 0 Å². The first kappa shape index (κ1) is 10.5. The Balaban J connectivity index is -0.000000270. The molecule has 1 rings (SSSR count). The summed E-state index contributed by atoms with van der Waals surface area (Å²) in [4.78, 5) is 0. The second-order valence-corrected chi connectivity index (χ2v) is 2.68. The molecule has 0 N–H and O–H groups in total. The predicted octanol–water partition coefficient (Wildman–Crippen LogP) is 2.73. The summed E-state index contributed by atoms with van der Waals surface area (Å²) in [5, 5.41) is 0.953. The molecule has 0 nitrogen and oxygen atoms in total. The number of hydrogen-bond donors (Lipinski definition) is 0. The number of hydrogen-bond acceptors (Lipinski definition) is 0. The van der Waals surface area contributed by atoms with Crippen LogP contribution < -0.4 is 0 Å². The molecule has 0 radical (unpaired) electrons. The number of benzene rings is 1. The van der Waals surface area contributed by atoms with Crippen molar-refractivity contribution in [3.05, 3.63) is 35.4 Å². The minimum absolute atomic E-state index is 0. The van der Waals surface area contributed by atoms with Crippen LogP contribution in [0.5, 0.6) is 0 Å². The van der Waals surface area contributed by atoms with Gasteiger partial charge in [0, 0.05) is 5.33 Å². The number of halogens is 1. The van der Waals surface area contributed by atoms with Crippen LogP contribution in [-0.4, -0.2) is 23.1 Å². The van der Waals surface area contributed by atoms with E-state index < -0.39 is 0 Å². The third kappa shape index (κ3) is 3.04. The maximum atomic E-state index is 3.39. The standard InChI is InChI=1S/C8H9Br.Mg.2H/c1-7-3-2-4-8(5-7)6-9;;;/h2-5H,6H2,1H3;;;/q;+2;2*-1. The maximum Gasteiger partial charge on any atom is 2.00 e. The first-order valence-electron chi connectivity index (χ1n) is 2.94. The molecular formula is C8H11BrMg. The summed E-state index contributed by atoms with van der Waals surface area (Å²) in [6, 6.07) is 8.47. The molecule has 0 fully saturated rings. The van der Waals surface area contributed by atoms with E-state index in [1.54, 1.807) is 0 Å². The normalized spacial score (nSPS) is 8.60. The third-order valence-electron chi connectivity index (χ3n) is 1.24. The molecule has 0 saturated heterocycles. The maximum absolute atomic E-state index is 3.39. The predicted molar refractivity (Wildman–Crippen MR) is 51.8 cm³/mol. The molecule has 1 aromatic rings. The number of aryl methyl sites for hydroxylation is 1. The van der Waals surface area contributed by atoms with Crippen LogP contribution in [-0.2, 0) is 5.33 Å². The summed E-state index contributed by atoms with van der Waals surface area (Å²) < 4.78 is 0. The molecule has 2 heteroatoms. The van der Waals surface area contributed by atoms with E-state index in [4.69, 9.17) is 0 Å². The molecule has 0 aromatic heterocycles. The molecule has 0 spiro atoms. The van der Waals surface area contributed by atoms with Gasteiger partial charge in [0.2, 0.25) is 0 Å². The Morgan fingerprint density at radius 1 is 1.50 bits per heavy atom. The summed E-state index contributed by atoms with van der Waals surface area (Å²) in [7, 11) is 0. The van der Waals surface area contributed by atoms with Gasteiger partial charge in [0.1, 0.15) is 0 Å². The van der Waals surface area contributed by atoms with Gasteiger partial charge in [0.05, 0.1) is 0 Å². The molecule has 10 heavy (non-hydrogen) atoms. The average Bonchev–Trinajstić information content (AvgIpc) is 1.88. The van der Waals surface area contributed by atoms with Gasteiger partial charge in [0.15, 0.2) is 0 Å². The Morgan fingerprint density at radius 2 is 2.20 bits per heavy atom. The minimum Gasteiger partial charge on any atom is -1.00 e. The monoisotopic (exact) mass is 210 g/mol. The van der Waals surface area contributed by atoms with E-state index in [0.717, 1.165) is 5.33 Å². The van der Waals surface area contributed by atoms with E-state index in [-0.39, 0.29) is 25.9 Å². The number of alkyl halides is 1. The minimum atomic E-state index is 0. The van der Waals surface area contributed by atoms with E-state index in [1.807, 2.05) is 0 Å². The molecule has 0 heterocycles.